The van der Waals surface area contributed by atoms with Crippen LogP contribution in [-0.2, 0) is 14.3 Å². The summed E-state index contributed by atoms with van der Waals surface area (Å²) in [5.41, 5.74) is 2.54. The van der Waals surface area contributed by atoms with E-state index >= 15 is 0 Å². The SMILES string of the molecule is CO/C(=C1\C(=O)N(C(C)=O)c2ccc(I)cc21)c1ccccc1. The molecule has 0 unspecified atom stereocenters. The van der Waals surface area contributed by atoms with Gasteiger partial charge in [0.25, 0.3) is 5.91 Å². The van der Waals surface area contributed by atoms with Crippen molar-refractivity contribution in [3.8, 4) is 0 Å². The van der Waals surface area contributed by atoms with Crippen LogP contribution in [0.25, 0.3) is 11.3 Å². The molecule has 2 amide bonds. The van der Waals surface area contributed by atoms with Crippen LogP contribution in [-0.4, -0.2) is 18.9 Å². The Morgan fingerprint density at radius 3 is 2.43 bits per heavy atom. The lowest BCUT2D eigenvalue weighted by molar-refractivity contribution is -0.122. The van der Waals surface area contributed by atoms with E-state index in [-0.39, 0.29) is 11.8 Å². The summed E-state index contributed by atoms with van der Waals surface area (Å²) in [6.07, 6.45) is 0. The molecule has 0 fully saturated rings. The fourth-order valence-electron chi connectivity index (χ4n) is 2.73. The normalized spacial score (nSPS) is 15.4. The Kier molecular flexibility index (Phi) is 4.21. The molecular formula is C18H14INO3. The van der Waals surface area contributed by atoms with Crippen LogP contribution in [0.2, 0.25) is 0 Å². The monoisotopic (exact) mass is 419 g/mol. The summed E-state index contributed by atoms with van der Waals surface area (Å²) in [5, 5.41) is 0. The van der Waals surface area contributed by atoms with E-state index < -0.39 is 0 Å². The van der Waals surface area contributed by atoms with Crippen molar-refractivity contribution >= 4 is 51.4 Å². The molecule has 1 heterocycles. The van der Waals surface area contributed by atoms with E-state index in [4.69, 9.17) is 4.74 Å². The second-order valence-corrected chi connectivity index (χ2v) is 6.34. The summed E-state index contributed by atoms with van der Waals surface area (Å²) in [6, 6.07) is 15.0. The number of imide groups is 1. The van der Waals surface area contributed by atoms with Crippen molar-refractivity contribution in [3.63, 3.8) is 0 Å². The van der Waals surface area contributed by atoms with Gasteiger partial charge in [-0.25, -0.2) is 4.90 Å². The Morgan fingerprint density at radius 2 is 1.83 bits per heavy atom. The number of ether oxygens (including phenoxy) is 1. The van der Waals surface area contributed by atoms with Gasteiger partial charge in [0.2, 0.25) is 5.91 Å². The number of carbonyl (C=O) groups excluding carboxylic acids is 2. The van der Waals surface area contributed by atoms with Crippen molar-refractivity contribution in [2.24, 2.45) is 0 Å². The van der Waals surface area contributed by atoms with Crippen LogP contribution in [0, 0.1) is 3.57 Å². The predicted octanol–water partition coefficient (Wildman–Crippen LogP) is 3.70. The highest BCUT2D eigenvalue weighted by Crippen LogP contribution is 2.41. The average molecular weight is 419 g/mol. The Balaban J connectivity index is 2.31. The van der Waals surface area contributed by atoms with Gasteiger partial charge in [-0.2, -0.15) is 0 Å². The number of hydrogen-bond donors (Lipinski definition) is 0. The van der Waals surface area contributed by atoms with Crippen molar-refractivity contribution in [1.82, 2.24) is 0 Å². The van der Waals surface area contributed by atoms with Gasteiger partial charge in [-0.1, -0.05) is 30.3 Å². The van der Waals surface area contributed by atoms with Gasteiger partial charge in [0.15, 0.2) is 0 Å². The highest BCUT2D eigenvalue weighted by atomic mass is 127. The lowest BCUT2D eigenvalue weighted by Gasteiger charge is -2.12. The molecule has 0 aliphatic carbocycles. The summed E-state index contributed by atoms with van der Waals surface area (Å²) < 4.78 is 6.52. The molecule has 0 radical (unpaired) electrons. The molecule has 116 valence electrons. The van der Waals surface area contributed by atoms with Gasteiger partial charge in [0.05, 0.1) is 18.4 Å². The third kappa shape index (κ3) is 2.65. The Hall–Kier alpha value is -2.15. The summed E-state index contributed by atoms with van der Waals surface area (Å²) in [4.78, 5) is 26.0. The van der Waals surface area contributed by atoms with Crippen molar-refractivity contribution in [3.05, 3.63) is 63.2 Å². The smallest absolute Gasteiger partial charge is 0.269 e. The van der Waals surface area contributed by atoms with E-state index in [1.54, 1.807) is 6.07 Å². The second kappa shape index (κ2) is 6.16. The number of amides is 2. The molecule has 3 rings (SSSR count). The van der Waals surface area contributed by atoms with Gasteiger partial charge in [0, 0.05) is 21.6 Å². The molecular weight excluding hydrogens is 405 g/mol. The van der Waals surface area contributed by atoms with Gasteiger partial charge in [0.1, 0.15) is 5.76 Å². The van der Waals surface area contributed by atoms with Crippen molar-refractivity contribution in [2.45, 2.75) is 6.92 Å². The number of hydrogen-bond acceptors (Lipinski definition) is 3. The average Bonchev–Trinajstić information content (AvgIpc) is 2.82. The molecule has 1 aliphatic heterocycles. The Bertz CT molecular complexity index is 827. The standard InChI is InChI=1S/C18H14INO3/c1-11(21)20-15-9-8-13(19)10-14(15)16(18(20)22)17(23-2)12-6-4-3-5-7-12/h3-10H,1-2H3/b17-16-. The van der Waals surface area contributed by atoms with Crippen LogP contribution in [0.1, 0.15) is 18.1 Å². The van der Waals surface area contributed by atoms with Crippen molar-refractivity contribution in [2.75, 3.05) is 12.0 Å². The molecule has 5 heteroatoms. The Labute approximate surface area is 147 Å². The Morgan fingerprint density at radius 1 is 1.13 bits per heavy atom. The lowest BCUT2D eigenvalue weighted by atomic mass is 10.0. The third-order valence-corrected chi connectivity index (χ3v) is 4.34. The lowest BCUT2D eigenvalue weighted by Crippen LogP contribution is -2.31. The number of benzene rings is 2. The minimum atomic E-state index is -0.352. The molecule has 0 saturated heterocycles. The number of anilines is 1. The topological polar surface area (TPSA) is 46.6 Å². The molecule has 0 spiro atoms. The van der Waals surface area contributed by atoms with E-state index in [2.05, 4.69) is 22.6 Å². The molecule has 2 aromatic rings. The maximum absolute atomic E-state index is 12.9. The van der Waals surface area contributed by atoms with Crippen LogP contribution < -0.4 is 4.90 Å². The molecule has 0 atom stereocenters. The van der Waals surface area contributed by atoms with Crippen LogP contribution in [0.15, 0.2) is 48.5 Å². The highest BCUT2D eigenvalue weighted by Gasteiger charge is 2.38. The summed E-state index contributed by atoms with van der Waals surface area (Å²) in [6.45, 7) is 1.39. The number of fused-ring (bicyclic) bond motifs is 1. The largest absolute Gasteiger partial charge is 0.495 e. The van der Waals surface area contributed by atoms with Crippen LogP contribution >= 0.6 is 22.6 Å². The van der Waals surface area contributed by atoms with Gasteiger partial charge in [-0.3, -0.25) is 9.59 Å². The first kappa shape index (κ1) is 15.7. The molecule has 2 aromatic carbocycles. The zero-order valence-corrected chi connectivity index (χ0v) is 14.8. The maximum Gasteiger partial charge on any atom is 0.269 e. The first-order valence-electron chi connectivity index (χ1n) is 7.03. The number of rotatable bonds is 2. The van der Waals surface area contributed by atoms with E-state index in [1.165, 1.54) is 18.9 Å². The van der Waals surface area contributed by atoms with Gasteiger partial charge >= 0.3 is 0 Å². The number of nitrogens with zero attached hydrogens (tertiary/aromatic N) is 1. The number of carbonyl (C=O) groups is 2. The molecule has 4 nitrogen and oxygen atoms in total. The first-order chi connectivity index (χ1) is 11.0. The minimum Gasteiger partial charge on any atom is -0.495 e. The fourth-order valence-corrected chi connectivity index (χ4v) is 3.22. The molecule has 0 saturated carbocycles. The second-order valence-electron chi connectivity index (χ2n) is 5.10. The van der Waals surface area contributed by atoms with Crippen LogP contribution in [0.5, 0.6) is 0 Å². The fraction of sp³-hybridized carbons (Fsp3) is 0.111. The van der Waals surface area contributed by atoms with Gasteiger partial charge in [-0.05, 0) is 40.8 Å². The van der Waals surface area contributed by atoms with E-state index in [0.717, 1.165) is 14.7 Å². The van der Waals surface area contributed by atoms with E-state index in [1.807, 2.05) is 42.5 Å². The first-order valence-corrected chi connectivity index (χ1v) is 8.11. The molecule has 23 heavy (non-hydrogen) atoms. The van der Waals surface area contributed by atoms with Crippen LogP contribution in [0.4, 0.5) is 5.69 Å². The van der Waals surface area contributed by atoms with Gasteiger partial charge < -0.3 is 4.74 Å². The predicted molar refractivity (Wildman–Crippen MR) is 97.6 cm³/mol. The number of halogens is 1. The summed E-state index contributed by atoms with van der Waals surface area (Å²) in [7, 11) is 1.53. The molecule has 0 aromatic heterocycles. The van der Waals surface area contributed by atoms with Gasteiger partial charge in [-0.15, -0.1) is 0 Å². The van der Waals surface area contributed by atoms with E-state index in [0.29, 0.717) is 17.0 Å². The van der Waals surface area contributed by atoms with Crippen LogP contribution in [0.3, 0.4) is 0 Å². The summed E-state index contributed by atoms with van der Waals surface area (Å²) >= 11 is 2.19. The van der Waals surface area contributed by atoms with Crippen molar-refractivity contribution in [1.29, 1.82) is 0 Å². The molecule has 0 bridgehead atoms. The zero-order chi connectivity index (χ0) is 16.6. The highest BCUT2D eigenvalue weighted by molar-refractivity contribution is 14.1. The van der Waals surface area contributed by atoms with Crippen molar-refractivity contribution < 1.29 is 14.3 Å². The molecule has 0 N–H and O–H groups in total. The van der Waals surface area contributed by atoms with E-state index in [9.17, 15) is 9.59 Å². The minimum absolute atomic E-state index is 0.309. The number of methoxy groups -OCH3 is 1. The quantitative estimate of drug-likeness (QED) is 0.424. The summed E-state index contributed by atoms with van der Waals surface area (Å²) in [5.74, 6) is -0.186. The zero-order valence-electron chi connectivity index (χ0n) is 12.7. The molecule has 1 aliphatic rings. The third-order valence-electron chi connectivity index (χ3n) is 3.67. The maximum atomic E-state index is 12.9.